The predicted octanol–water partition coefficient (Wildman–Crippen LogP) is 2.88. The van der Waals surface area contributed by atoms with Crippen LogP contribution in [-0.2, 0) is 4.74 Å². The zero-order valence-corrected chi connectivity index (χ0v) is 12.5. The molecule has 2 aromatic rings. The van der Waals surface area contributed by atoms with Gasteiger partial charge in [0.15, 0.2) is 0 Å². The second kappa shape index (κ2) is 5.82. The molecule has 1 saturated heterocycles. The molecule has 1 aliphatic rings. The number of aryl methyl sites for hydroxylation is 2. The van der Waals surface area contributed by atoms with E-state index in [9.17, 15) is 4.79 Å². The van der Waals surface area contributed by atoms with Crippen molar-refractivity contribution in [1.82, 2.24) is 9.78 Å². The maximum atomic E-state index is 12.4. The van der Waals surface area contributed by atoms with Crippen molar-refractivity contribution in [3.05, 3.63) is 51.9 Å². The lowest BCUT2D eigenvalue weighted by Crippen LogP contribution is -2.25. The average Bonchev–Trinajstić information content (AvgIpc) is 2.52. The monoisotopic (exact) mass is 284 g/mol. The summed E-state index contributed by atoms with van der Waals surface area (Å²) in [5.41, 5.74) is 3.45. The van der Waals surface area contributed by atoms with Gasteiger partial charge in [0.05, 0.1) is 6.04 Å². The van der Waals surface area contributed by atoms with Crippen LogP contribution in [-0.4, -0.2) is 23.0 Å². The molecule has 0 N–H and O–H groups in total. The maximum absolute atomic E-state index is 12.4. The highest BCUT2D eigenvalue weighted by atomic mass is 16.5. The minimum Gasteiger partial charge on any atom is -0.381 e. The van der Waals surface area contributed by atoms with E-state index in [0.717, 1.165) is 37.2 Å². The third-order valence-corrected chi connectivity index (χ3v) is 4.03. The second-order valence-corrected chi connectivity index (χ2v) is 5.65. The molecule has 0 amide bonds. The van der Waals surface area contributed by atoms with Crippen molar-refractivity contribution in [2.75, 3.05) is 13.2 Å². The summed E-state index contributed by atoms with van der Waals surface area (Å²) in [7, 11) is 0. The lowest BCUT2D eigenvalue weighted by atomic mass is 10.0. The molecule has 0 spiro atoms. The fraction of sp³-hybridized carbons (Fsp3) is 0.412. The first-order valence-electron chi connectivity index (χ1n) is 7.40. The number of benzene rings is 1. The van der Waals surface area contributed by atoms with Crippen LogP contribution in [0.3, 0.4) is 0 Å². The first-order chi connectivity index (χ1) is 10.1. The molecule has 0 radical (unpaired) electrons. The average molecular weight is 284 g/mol. The molecule has 0 aliphatic carbocycles. The van der Waals surface area contributed by atoms with E-state index in [2.05, 4.69) is 5.10 Å². The number of hydrogen-bond acceptors (Lipinski definition) is 3. The summed E-state index contributed by atoms with van der Waals surface area (Å²) in [6.07, 6.45) is 3.79. The van der Waals surface area contributed by atoms with Crippen LogP contribution in [0.25, 0.3) is 11.1 Å². The van der Waals surface area contributed by atoms with Crippen molar-refractivity contribution in [2.45, 2.75) is 32.7 Å². The minimum absolute atomic E-state index is 0.0159. The lowest BCUT2D eigenvalue weighted by molar-refractivity contribution is 0.0656. The topological polar surface area (TPSA) is 44.1 Å². The van der Waals surface area contributed by atoms with E-state index in [1.54, 1.807) is 6.92 Å². The van der Waals surface area contributed by atoms with Gasteiger partial charge < -0.3 is 4.74 Å². The summed E-state index contributed by atoms with van der Waals surface area (Å²) >= 11 is 0. The Labute approximate surface area is 124 Å². The van der Waals surface area contributed by atoms with Crippen LogP contribution in [0.15, 0.2) is 35.3 Å². The highest BCUT2D eigenvalue weighted by Crippen LogP contribution is 2.22. The largest absolute Gasteiger partial charge is 0.381 e. The molecule has 0 unspecified atom stereocenters. The Bertz CT molecular complexity index is 683. The Hall–Kier alpha value is -1.94. The third-order valence-electron chi connectivity index (χ3n) is 4.03. The molecular formula is C17H20N2O2. The Kier molecular flexibility index (Phi) is 3.88. The van der Waals surface area contributed by atoms with Crippen LogP contribution in [0, 0.1) is 13.8 Å². The van der Waals surface area contributed by atoms with Gasteiger partial charge in [-0.2, -0.15) is 5.10 Å². The Balaban J connectivity index is 2.05. The van der Waals surface area contributed by atoms with Crippen molar-refractivity contribution < 1.29 is 4.74 Å². The molecule has 0 atom stereocenters. The van der Waals surface area contributed by atoms with Gasteiger partial charge in [0.25, 0.3) is 0 Å². The van der Waals surface area contributed by atoms with Crippen molar-refractivity contribution in [2.24, 2.45) is 0 Å². The van der Waals surface area contributed by atoms with Crippen LogP contribution in [0.5, 0.6) is 0 Å². The number of aromatic nitrogens is 2. The third kappa shape index (κ3) is 2.90. The maximum Gasteiger partial charge on any atom is 0.210 e. The van der Waals surface area contributed by atoms with Gasteiger partial charge in [-0.25, -0.2) is 0 Å². The molecule has 1 fully saturated rings. The van der Waals surface area contributed by atoms with Gasteiger partial charge in [0.1, 0.15) is 5.69 Å². The number of nitrogens with zero attached hydrogens (tertiary/aromatic N) is 2. The minimum atomic E-state index is 0.0159. The van der Waals surface area contributed by atoms with E-state index in [0.29, 0.717) is 11.7 Å². The fourth-order valence-electron chi connectivity index (χ4n) is 2.71. The summed E-state index contributed by atoms with van der Waals surface area (Å²) in [4.78, 5) is 12.4. The first-order valence-corrected chi connectivity index (χ1v) is 7.40. The Morgan fingerprint density at radius 2 is 1.81 bits per heavy atom. The molecule has 4 heteroatoms. The van der Waals surface area contributed by atoms with Crippen LogP contribution in [0.4, 0.5) is 0 Å². The Morgan fingerprint density at radius 3 is 2.48 bits per heavy atom. The summed E-state index contributed by atoms with van der Waals surface area (Å²) in [6.45, 7) is 5.35. The zero-order valence-electron chi connectivity index (χ0n) is 12.5. The van der Waals surface area contributed by atoms with E-state index in [4.69, 9.17) is 4.74 Å². The first kappa shape index (κ1) is 14.0. The molecule has 21 heavy (non-hydrogen) atoms. The van der Waals surface area contributed by atoms with Gasteiger partial charge in [-0.3, -0.25) is 9.48 Å². The van der Waals surface area contributed by atoms with E-state index in [1.807, 2.05) is 42.1 Å². The highest BCUT2D eigenvalue weighted by Gasteiger charge is 2.18. The van der Waals surface area contributed by atoms with Crippen LogP contribution < -0.4 is 5.43 Å². The highest BCUT2D eigenvalue weighted by molar-refractivity contribution is 5.62. The standard InChI is InChI=1S/C17H20N2O2/c1-12-3-5-14(6-4-12)16-11-19(18-13(2)17(16)20)15-7-9-21-10-8-15/h3-6,11,15H,7-10H2,1-2H3. The van der Waals surface area contributed by atoms with Gasteiger partial charge in [-0.1, -0.05) is 29.8 Å². The summed E-state index contributed by atoms with van der Waals surface area (Å²) in [5.74, 6) is 0. The normalized spacial score (nSPS) is 16.1. The molecular weight excluding hydrogens is 264 g/mol. The molecule has 110 valence electrons. The number of rotatable bonds is 2. The van der Waals surface area contributed by atoms with Crippen LogP contribution >= 0.6 is 0 Å². The van der Waals surface area contributed by atoms with Gasteiger partial charge in [0.2, 0.25) is 5.43 Å². The van der Waals surface area contributed by atoms with Crippen LogP contribution in [0.1, 0.15) is 30.1 Å². The van der Waals surface area contributed by atoms with Crippen molar-refractivity contribution in [3.63, 3.8) is 0 Å². The lowest BCUT2D eigenvalue weighted by Gasteiger charge is -2.24. The van der Waals surface area contributed by atoms with Gasteiger partial charge in [-0.05, 0) is 32.3 Å². The molecule has 4 nitrogen and oxygen atoms in total. The SMILES string of the molecule is Cc1ccc(-c2cn(C3CCOCC3)nc(C)c2=O)cc1. The molecule has 1 aliphatic heterocycles. The van der Waals surface area contributed by atoms with E-state index in [-0.39, 0.29) is 5.43 Å². The molecule has 0 bridgehead atoms. The van der Waals surface area contributed by atoms with Gasteiger partial charge in [-0.15, -0.1) is 0 Å². The van der Waals surface area contributed by atoms with Crippen molar-refractivity contribution in [1.29, 1.82) is 0 Å². The van der Waals surface area contributed by atoms with Crippen molar-refractivity contribution in [3.8, 4) is 11.1 Å². The second-order valence-electron chi connectivity index (χ2n) is 5.65. The summed E-state index contributed by atoms with van der Waals surface area (Å²) in [6, 6.07) is 8.38. The van der Waals surface area contributed by atoms with Crippen molar-refractivity contribution >= 4 is 0 Å². The van der Waals surface area contributed by atoms with Crippen LogP contribution in [0.2, 0.25) is 0 Å². The fourth-order valence-corrected chi connectivity index (χ4v) is 2.71. The predicted molar refractivity (Wildman–Crippen MR) is 82.5 cm³/mol. The molecule has 1 aromatic heterocycles. The van der Waals surface area contributed by atoms with Gasteiger partial charge in [0, 0.05) is 25.0 Å². The van der Waals surface area contributed by atoms with Gasteiger partial charge >= 0.3 is 0 Å². The van der Waals surface area contributed by atoms with E-state index >= 15 is 0 Å². The quantitative estimate of drug-likeness (QED) is 0.851. The van der Waals surface area contributed by atoms with E-state index in [1.165, 1.54) is 5.56 Å². The number of hydrogen-bond donors (Lipinski definition) is 0. The summed E-state index contributed by atoms with van der Waals surface area (Å²) in [5, 5.41) is 4.45. The molecule has 2 heterocycles. The number of ether oxygens (including phenoxy) is 1. The summed E-state index contributed by atoms with van der Waals surface area (Å²) < 4.78 is 7.35. The zero-order chi connectivity index (χ0) is 14.8. The molecule has 3 rings (SSSR count). The molecule has 1 aromatic carbocycles. The van der Waals surface area contributed by atoms with E-state index < -0.39 is 0 Å². The molecule has 0 saturated carbocycles. The smallest absolute Gasteiger partial charge is 0.210 e. The Morgan fingerprint density at radius 1 is 1.14 bits per heavy atom.